The van der Waals surface area contributed by atoms with Crippen molar-refractivity contribution in [3.8, 4) is 17.2 Å². The molecule has 2 atom stereocenters. The molecule has 0 saturated heterocycles. The third kappa shape index (κ3) is 3.10. The number of nitrogens with zero attached hydrogens (tertiary/aromatic N) is 2. The lowest BCUT2D eigenvalue weighted by Gasteiger charge is -2.37. The summed E-state index contributed by atoms with van der Waals surface area (Å²) in [7, 11) is 3.25. The van der Waals surface area contributed by atoms with Crippen LogP contribution in [0, 0.1) is 12.8 Å². The van der Waals surface area contributed by atoms with Crippen molar-refractivity contribution in [1.29, 1.82) is 0 Å². The number of ether oxygens (including phenoxy) is 2. The molecule has 2 heterocycles. The zero-order chi connectivity index (χ0) is 21.5. The lowest BCUT2D eigenvalue weighted by Crippen LogP contribution is -2.35. The number of hydrogen-bond donors (Lipinski definition) is 1. The number of aromatic nitrogens is 2. The van der Waals surface area contributed by atoms with E-state index in [4.69, 9.17) is 14.6 Å². The van der Waals surface area contributed by atoms with Gasteiger partial charge in [0.2, 0.25) is 0 Å². The highest BCUT2D eigenvalue weighted by atomic mass is 16.5. The second-order valence-corrected chi connectivity index (χ2v) is 7.95. The van der Waals surface area contributed by atoms with E-state index in [1.54, 1.807) is 14.2 Å². The van der Waals surface area contributed by atoms with Gasteiger partial charge in [0, 0.05) is 23.6 Å². The van der Waals surface area contributed by atoms with Gasteiger partial charge in [-0.2, -0.15) is 5.10 Å². The Kier molecular flexibility index (Phi) is 4.77. The number of ketones is 1. The van der Waals surface area contributed by atoms with Crippen LogP contribution in [0.25, 0.3) is 5.69 Å². The molecule has 1 N–H and O–H groups in total. The summed E-state index contributed by atoms with van der Waals surface area (Å²) in [6, 6.07) is 16.0. The number of aryl methyl sites for hydroxylation is 1. The van der Waals surface area contributed by atoms with Gasteiger partial charge in [0.05, 0.1) is 31.5 Å². The molecule has 0 bridgehead atoms. The van der Waals surface area contributed by atoms with Gasteiger partial charge >= 0.3 is 0 Å². The molecule has 1 aliphatic carbocycles. The second-order valence-electron chi connectivity index (χ2n) is 7.95. The minimum Gasteiger partial charge on any atom is -0.493 e. The topological polar surface area (TPSA) is 65.4 Å². The smallest absolute Gasteiger partial charge is 0.161 e. The molecule has 6 heteroatoms. The highest BCUT2D eigenvalue weighted by Gasteiger charge is 2.43. The minimum atomic E-state index is -0.258. The van der Waals surface area contributed by atoms with E-state index >= 15 is 0 Å². The average Bonchev–Trinajstić information content (AvgIpc) is 3.14. The number of allylic oxidation sites excluding steroid dienone is 2. The number of carbonyl (C=O) groups excluding carboxylic acids is 1. The summed E-state index contributed by atoms with van der Waals surface area (Å²) in [5, 5.41) is 8.41. The molecular weight excluding hydrogens is 390 g/mol. The van der Waals surface area contributed by atoms with Gasteiger partial charge in [-0.05, 0) is 43.2 Å². The average molecular weight is 415 g/mol. The van der Waals surface area contributed by atoms with Crippen molar-refractivity contribution < 1.29 is 14.3 Å². The van der Waals surface area contributed by atoms with Crippen molar-refractivity contribution in [3.63, 3.8) is 0 Å². The molecule has 158 valence electrons. The van der Waals surface area contributed by atoms with Crippen LogP contribution in [-0.2, 0) is 4.79 Å². The normalized spacial score (nSPS) is 19.7. The van der Waals surface area contributed by atoms with E-state index in [0.717, 1.165) is 40.4 Å². The largest absolute Gasteiger partial charge is 0.493 e. The van der Waals surface area contributed by atoms with Crippen molar-refractivity contribution in [1.82, 2.24) is 9.78 Å². The van der Waals surface area contributed by atoms with Crippen molar-refractivity contribution in [2.45, 2.75) is 25.7 Å². The van der Waals surface area contributed by atoms with Crippen molar-refractivity contribution >= 4 is 11.6 Å². The third-order valence-corrected chi connectivity index (χ3v) is 6.22. The fourth-order valence-electron chi connectivity index (χ4n) is 4.82. The number of fused-ring (bicyclic) bond motifs is 2. The minimum absolute atomic E-state index is 0.146. The zero-order valence-electron chi connectivity index (χ0n) is 17.9. The van der Waals surface area contributed by atoms with Crippen LogP contribution in [0.5, 0.6) is 11.5 Å². The Balaban J connectivity index is 1.74. The van der Waals surface area contributed by atoms with Crippen LogP contribution in [-0.4, -0.2) is 29.8 Å². The molecule has 0 saturated carbocycles. The first-order chi connectivity index (χ1) is 15.1. The molecular formula is C25H25N3O3. The molecule has 0 unspecified atom stereocenters. The van der Waals surface area contributed by atoms with Gasteiger partial charge in [0.15, 0.2) is 11.5 Å². The van der Waals surface area contributed by atoms with Gasteiger partial charge in [-0.1, -0.05) is 30.3 Å². The van der Waals surface area contributed by atoms with E-state index in [1.807, 2.05) is 60.1 Å². The lowest BCUT2D eigenvalue weighted by molar-refractivity contribution is -0.122. The standard InChI is InChI=1S/C25H25N3O3/c1-15-22-23(16-12-13-20(30-2)21(14-16)31-3)24-18(10-7-11-19(24)29)26-25(22)28(27-15)17-8-5-4-6-9-17/h4-6,8-10,12-14,23-24,26H,7,11H2,1-3H3/t23-,24+/m1/s1. The number of hydrogen-bond acceptors (Lipinski definition) is 5. The van der Waals surface area contributed by atoms with Crippen LogP contribution in [0.15, 0.2) is 60.3 Å². The van der Waals surface area contributed by atoms with Crippen molar-refractivity contribution in [2.75, 3.05) is 19.5 Å². The predicted molar refractivity (Wildman–Crippen MR) is 119 cm³/mol. The summed E-state index contributed by atoms with van der Waals surface area (Å²) in [6.45, 7) is 2.01. The molecule has 31 heavy (non-hydrogen) atoms. The van der Waals surface area contributed by atoms with E-state index in [0.29, 0.717) is 17.9 Å². The van der Waals surface area contributed by atoms with E-state index in [2.05, 4.69) is 11.4 Å². The van der Waals surface area contributed by atoms with Gasteiger partial charge in [0.1, 0.15) is 11.6 Å². The van der Waals surface area contributed by atoms with Crippen molar-refractivity contribution in [3.05, 3.63) is 77.1 Å². The lowest BCUT2D eigenvalue weighted by atomic mass is 9.71. The van der Waals surface area contributed by atoms with Crippen LogP contribution in [0.4, 0.5) is 5.82 Å². The van der Waals surface area contributed by atoms with Gasteiger partial charge < -0.3 is 14.8 Å². The summed E-state index contributed by atoms with van der Waals surface area (Å²) in [4.78, 5) is 13.1. The Morgan fingerprint density at radius 3 is 2.55 bits per heavy atom. The van der Waals surface area contributed by atoms with Crippen LogP contribution in [0.3, 0.4) is 0 Å². The summed E-state index contributed by atoms with van der Waals surface area (Å²) in [5.74, 6) is 2.09. The predicted octanol–water partition coefficient (Wildman–Crippen LogP) is 4.62. The van der Waals surface area contributed by atoms with Crippen molar-refractivity contribution in [2.24, 2.45) is 5.92 Å². The van der Waals surface area contributed by atoms with Crippen LogP contribution in [0.1, 0.15) is 35.6 Å². The Bertz CT molecular complexity index is 1180. The van der Waals surface area contributed by atoms with E-state index in [1.165, 1.54) is 0 Å². The SMILES string of the molecule is COc1ccc([C@@H]2c3c(C)nn(-c4ccccc4)c3NC3=CCCC(=O)[C@H]32)cc1OC. The Labute approximate surface area is 181 Å². The number of para-hydroxylation sites is 1. The molecule has 0 spiro atoms. The molecule has 2 aliphatic rings. The molecule has 3 aromatic rings. The monoisotopic (exact) mass is 415 g/mol. The first kappa shape index (κ1) is 19.4. The van der Waals surface area contributed by atoms with Gasteiger partial charge in [-0.15, -0.1) is 0 Å². The fourth-order valence-corrected chi connectivity index (χ4v) is 4.82. The number of benzene rings is 2. The summed E-state index contributed by atoms with van der Waals surface area (Å²) in [5.41, 5.74) is 4.91. The first-order valence-electron chi connectivity index (χ1n) is 10.5. The molecule has 0 radical (unpaired) electrons. The highest BCUT2D eigenvalue weighted by Crippen LogP contribution is 2.49. The Morgan fingerprint density at radius 2 is 1.81 bits per heavy atom. The number of rotatable bonds is 4. The molecule has 1 aliphatic heterocycles. The Hall–Kier alpha value is -3.54. The van der Waals surface area contributed by atoms with E-state index < -0.39 is 0 Å². The summed E-state index contributed by atoms with van der Waals surface area (Å²) in [6.07, 6.45) is 3.46. The summed E-state index contributed by atoms with van der Waals surface area (Å²) >= 11 is 0. The zero-order valence-corrected chi connectivity index (χ0v) is 17.9. The fraction of sp³-hybridized carbons (Fsp3) is 0.280. The first-order valence-corrected chi connectivity index (χ1v) is 10.5. The number of nitrogens with one attached hydrogen (secondary N) is 1. The molecule has 0 fully saturated rings. The maximum Gasteiger partial charge on any atom is 0.161 e. The van der Waals surface area contributed by atoms with Gasteiger partial charge in [-0.25, -0.2) is 4.68 Å². The number of methoxy groups -OCH3 is 2. The molecule has 5 rings (SSSR count). The van der Waals surface area contributed by atoms with Gasteiger partial charge in [-0.3, -0.25) is 4.79 Å². The van der Waals surface area contributed by atoms with E-state index in [-0.39, 0.29) is 17.6 Å². The molecule has 6 nitrogen and oxygen atoms in total. The third-order valence-electron chi connectivity index (χ3n) is 6.22. The molecule has 0 amide bonds. The highest BCUT2D eigenvalue weighted by molar-refractivity contribution is 5.89. The Morgan fingerprint density at radius 1 is 1.03 bits per heavy atom. The number of Topliss-reactive ketones (excluding diaryl/α,β-unsaturated/α-hetero) is 1. The van der Waals surface area contributed by atoms with Crippen LogP contribution >= 0.6 is 0 Å². The van der Waals surface area contributed by atoms with Gasteiger partial charge in [0.25, 0.3) is 0 Å². The maximum atomic E-state index is 13.1. The summed E-state index contributed by atoms with van der Waals surface area (Å²) < 4.78 is 12.9. The van der Waals surface area contributed by atoms with E-state index in [9.17, 15) is 4.79 Å². The maximum absolute atomic E-state index is 13.1. The number of anilines is 1. The quantitative estimate of drug-likeness (QED) is 0.674. The van der Waals surface area contributed by atoms with Crippen LogP contribution < -0.4 is 14.8 Å². The van der Waals surface area contributed by atoms with Crippen LogP contribution in [0.2, 0.25) is 0 Å². The molecule has 1 aromatic heterocycles. The number of carbonyl (C=O) groups is 1. The molecule has 2 aromatic carbocycles. The second kappa shape index (κ2) is 7.61.